The van der Waals surface area contributed by atoms with Gasteiger partial charge in [-0.05, 0) is 12.2 Å². The van der Waals surface area contributed by atoms with E-state index in [2.05, 4.69) is 4.74 Å². The van der Waals surface area contributed by atoms with E-state index in [9.17, 15) is 4.79 Å². The molecule has 0 heterocycles. The second-order valence-corrected chi connectivity index (χ2v) is 3.01. The first-order valence-electron chi connectivity index (χ1n) is 4.45. The summed E-state index contributed by atoms with van der Waals surface area (Å²) in [4.78, 5) is 12.1. The van der Waals surface area contributed by atoms with Gasteiger partial charge in [0.25, 0.3) is 0 Å². The van der Waals surface area contributed by atoms with Gasteiger partial charge in [0.15, 0.2) is 0 Å². The van der Waals surface area contributed by atoms with Crippen molar-refractivity contribution in [1.29, 1.82) is 5.26 Å². The number of carbonyl (C=O) groups excluding carboxylic acids is 1. The van der Waals surface area contributed by atoms with Crippen LogP contribution in [0.4, 0.5) is 0 Å². The number of methoxy groups -OCH3 is 1. The number of hydrogen-bond donors (Lipinski definition) is 1. The monoisotopic (exact) mass is 207 g/mol. The molecule has 0 aliphatic rings. The van der Waals surface area contributed by atoms with Gasteiger partial charge in [-0.25, -0.2) is 4.79 Å². The van der Waals surface area contributed by atoms with E-state index >= 15 is 0 Å². The molecule has 0 spiro atoms. The molecule has 0 saturated carbocycles. The number of esters is 1. The Morgan fingerprint density at radius 2 is 2.00 bits per heavy atom. The van der Waals surface area contributed by atoms with Crippen LogP contribution < -0.4 is 4.90 Å². The lowest BCUT2D eigenvalue weighted by molar-refractivity contribution is -0.801. The van der Waals surface area contributed by atoms with Crippen molar-refractivity contribution in [1.82, 2.24) is 0 Å². The molecule has 0 aromatic rings. The van der Waals surface area contributed by atoms with Gasteiger partial charge in [-0.1, -0.05) is 12.2 Å². The second kappa shape index (κ2) is 7.54. The molecule has 1 N–H and O–H groups in total. The zero-order chi connectivity index (χ0) is 11.7. The molecule has 0 bridgehead atoms. The van der Waals surface area contributed by atoms with E-state index in [1.165, 1.54) is 18.1 Å². The van der Waals surface area contributed by atoms with Crippen molar-refractivity contribution in [3.05, 3.63) is 36.1 Å². The van der Waals surface area contributed by atoms with Crippen LogP contribution in [0.25, 0.3) is 0 Å². The summed E-state index contributed by atoms with van der Waals surface area (Å²) in [6.45, 7) is 0. The van der Waals surface area contributed by atoms with Crippen molar-refractivity contribution >= 4 is 5.97 Å². The van der Waals surface area contributed by atoms with Gasteiger partial charge in [-0.2, -0.15) is 5.26 Å². The number of nitrogens with one attached hydrogen (secondary N) is 1. The van der Waals surface area contributed by atoms with Gasteiger partial charge in [-0.15, -0.1) is 0 Å². The second-order valence-electron chi connectivity index (χ2n) is 3.01. The predicted octanol–water partition coefficient (Wildman–Crippen LogP) is -0.176. The topological polar surface area (TPSA) is 54.5 Å². The fourth-order valence-electron chi connectivity index (χ4n) is 0.725. The van der Waals surface area contributed by atoms with Gasteiger partial charge >= 0.3 is 5.97 Å². The highest BCUT2D eigenvalue weighted by Gasteiger charge is 2.05. The summed E-state index contributed by atoms with van der Waals surface area (Å²) in [7, 11) is 5.21. The molecule has 0 fully saturated rings. The number of carbonyl (C=O) groups is 1. The Hall–Kier alpha value is -1.86. The Morgan fingerprint density at radius 1 is 1.33 bits per heavy atom. The van der Waals surface area contributed by atoms with E-state index in [0.29, 0.717) is 0 Å². The molecule has 0 saturated heterocycles. The standard InChI is InChI=1S/C11H14N2O2/c1-13(2)8-6-4-5-7-10(9-12)11(14)15-3/h4-8H,1-3H3/p+1/b5-4+,8-6?,10-7+. The van der Waals surface area contributed by atoms with Crippen molar-refractivity contribution in [2.24, 2.45) is 0 Å². The number of nitriles is 1. The lowest BCUT2D eigenvalue weighted by atomic mass is 10.2. The summed E-state index contributed by atoms with van der Waals surface area (Å²) >= 11 is 0. The highest BCUT2D eigenvalue weighted by atomic mass is 16.5. The number of rotatable bonds is 4. The molecule has 0 aromatic heterocycles. The molecule has 0 atom stereocenters. The van der Waals surface area contributed by atoms with Crippen molar-refractivity contribution in [2.45, 2.75) is 0 Å². The molecule has 0 amide bonds. The fraction of sp³-hybridized carbons (Fsp3) is 0.273. The Labute approximate surface area is 89.7 Å². The average molecular weight is 207 g/mol. The maximum atomic E-state index is 10.9. The molecule has 0 aliphatic heterocycles. The number of allylic oxidation sites excluding steroid dienone is 4. The van der Waals surface area contributed by atoms with Crippen LogP contribution in [0.3, 0.4) is 0 Å². The lowest BCUT2D eigenvalue weighted by Crippen LogP contribution is -3.00. The van der Waals surface area contributed by atoms with Crippen LogP contribution in [-0.4, -0.2) is 27.2 Å². The van der Waals surface area contributed by atoms with E-state index in [4.69, 9.17) is 5.26 Å². The zero-order valence-electron chi connectivity index (χ0n) is 9.15. The summed E-state index contributed by atoms with van der Waals surface area (Å²) in [5.41, 5.74) is -0.0145. The van der Waals surface area contributed by atoms with Gasteiger partial charge in [0.05, 0.1) is 27.4 Å². The fourth-order valence-corrected chi connectivity index (χ4v) is 0.725. The predicted molar refractivity (Wildman–Crippen MR) is 56.8 cm³/mol. The van der Waals surface area contributed by atoms with E-state index < -0.39 is 5.97 Å². The summed E-state index contributed by atoms with van der Waals surface area (Å²) in [6, 6.07) is 1.76. The summed E-state index contributed by atoms with van der Waals surface area (Å²) in [5, 5.41) is 8.60. The summed E-state index contributed by atoms with van der Waals surface area (Å²) in [6.07, 6.45) is 8.54. The third-order valence-corrected chi connectivity index (χ3v) is 1.44. The first-order chi connectivity index (χ1) is 7.11. The molecule has 4 nitrogen and oxygen atoms in total. The van der Waals surface area contributed by atoms with Crippen LogP contribution in [0.5, 0.6) is 0 Å². The molecule has 80 valence electrons. The van der Waals surface area contributed by atoms with Crippen LogP contribution in [0.1, 0.15) is 0 Å². The first kappa shape index (κ1) is 13.1. The van der Waals surface area contributed by atoms with Gasteiger partial charge in [0.1, 0.15) is 11.6 Å². The maximum absolute atomic E-state index is 10.9. The largest absolute Gasteiger partial charge is 0.465 e. The number of quaternary nitrogens is 1. The SMILES string of the molecule is COC(=O)/C(C#N)=C/C=C/C=C[NH+](C)C. The van der Waals surface area contributed by atoms with Crippen LogP contribution in [0, 0.1) is 11.3 Å². The van der Waals surface area contributed by atoms with Gasteiger partial charge in [-0.3, -0.25) is 0 Å². The summed E-state index contributed by atoms with van der Waals surface area (Å²) in [5.74, 6) is -0.621. The van der Waals surface area contributed by atoms with E-state index in [1.54, 1.807) is 18.2 Å². The first-order valence-corrected chi connectivity index (χ1v) is 4.45. The van der Waals surface area contributed by atoms with Crippen LogP contribution in [0.2, 0.25) is 0 Å². The van der Waals surface area contributed by atoms with Crippen LogP contribution in [0.15, 0.2) is 36.1 Å². The Morgan fingerprint density at radius 3 is 2.47 bits per heavy atom. The highest BCUT2D eigenvalue weighted by Crippen LogP contribution is 1.95. The van der Waals surface area contributed by atoms with Gasteiger partial charge in [0.2, 0.25) is 0 Å². The van der Waals surface area contributed by atoms with E-state index in [0.717, 1.165) is 0 Å². The molecule has 0 radical (unpaired) electrons. The maximum Gasteiger partial charge on any atom is 0.348 e. The molecule has 0 aromatic carbocycles. The molecule has 0 rings (SSSR count). The van der Waals surface area contributed by atoms with Crippen LogP contribution in [-0.2, 0) is 9.53 Å². The van der Waals surface area contributed by atoms with E-state index in [1.807, 2.05) is 26.4 Å². The Bertz CT molecular complexity index is 333. The quantitative estimate of drug-likeness (QED) is 0.301. The Balaban J connectivity index is 4.37. The normalized spacial score (nSPS) is 12.3. The van der Waals surface area contributed by atoms with Crippen LogP contribution >= 0.6 is 0 Å². The third kappa shape index (κ3) is 6.24. The minimum atomic E-state index is -0.621. The third-order valence-electron chi connectivity index (χ3n) is 1.44. The minimum absolute atomic E-state index is 0.0145. The molecule has 4 heteroatoms. The van der Waals surface area contributed by atoms with Gasteiger partial charge in [0, 0.05) is 0 Å². The molecule has 15 heavy (non-hydrogen) atoms. The number of hydrogen-bond acceptors (Lipinski definition) is 3. The van der Waals surface area contributed by atoms with Crippen molar-refractivity contribution in [2.75, 3.05) is 21.2 Å². The number of nitrogens with zero attached hydrogens (tertiary/aromatic N) is 1. The molecule has 0 unspecified atom stereocenters. The molecular formula is C11H15N2O2+. The number of ether oxygens (including phenoxy) is 1. The summed E-state index contributed by atoms with van der Waals surface area (Å²) < 4.78 is 4.41. The zero-order valence-corrected chi connectivity index (χ0v) is 9.15. The lowest BCUT2D eigenvalue weighted by Gasteiger charge is -1.94. The van der Waals surface area contributed by atoms with Crippen molar-refractivity contribution in [3.8, 4) is 6.07 Å². The van der Waals surface area contributed by atoms with Crippen molar-refractivity contribution < 1.29 is 14.4 Å². The molecule has 0 aliphatic carbocycles. The minimum Gasteiger partial charge on any atom is -0.465 e. The average Bonchev–Trinajstić information content (AvgIpc) is 2.22. The Kier molecular flexibility index (Phi) is 6.60. The molecular weight excluding hydrogens is 192 g/mol. The van der Waals surface area contributed by atoms with E-state index in [-0.39, 0.29) is 5.57 Å². The smallest absolute Gasteiger partial charge is 0.348 e. The van der Waals surface area contributed by atoms with Crippen molar-refractivity contribution in [3.63, 3.8) is 0 Å². The van der Waals surface area contributed by atoms with Gasteiger partial charge < -0.3 is 9.64 Å². The highest BCUT2D eigenvalue weighted by molar-refractivity contribution is 5.92.